The minimum absolute atomic E-state index is 0.00131. The van der Waals surface area contributed by atoms with Crippen LogP contribution >= 0.6 is 0 Å². The summed E-state index contributed by atoms with van der Waals surface area (Å²) in [6.45, 7) is 3.94. The number of ether oxygens (including phenoxy) is 1. The highest BCUT2D eigenvalue weighted by Gasteiger charge is 2.45. The zero-order chi connectivity index (χ0) is 32.2. The molecule has 4 heterocycles. The van der Waals surface area contributed by atoms with E-state index in [1.54, 1.807) is 6.92 Å². The van der Waals surface area contributed by atoms with Crippen LogP contribution in [0, 0.1) is 5.92 Å². The summed E-state index contributed by atoms with van der Waals surface area (Å²) in [5.74, 6) is -3.07. The Bertz CT molecular complexity index is 1310. The van der Waals surface area contributed by atoms with Gasteiger partial charge in [-0.3, -0.25) is 24.0 Å². The van der Waals surface area contributed by atoms with E-state index >= 15 is 0 Å². The van der Waals surface area contributed by atoms with Crippen molar-refractivity contribution in [1.29, 1.82) is 0 Å². The molecule has 0 radical (unpaired) electrons. The normalized spacial score (nSPS) is 30.6. The largest absolute Gasteiger partial charge is 0.461 e. The predicted molar refractivity (Wildman–Crippen MR) is 162 cm³/mol. The second-order valence-electron chi connectivity index (χ2n) is 12.8. The standard InChI is InChI=1S/C32H44N6O7/c1-19-15-26-32(44)45-18-23(35-27(39)22(33)16-21-9-4-3-5-10-21)30(42)37-14-8-12-25(37)31(43)36-13-7-6-11-24(36)28(40)34-20(2)29(41)38(26)17-19/h3-5,9-10,19-20,22-26H,6-8,11-18,33H2,1-2H3,(H,34,40)(H,35,39)/t19-,20+,22+,23+,24+,25+,26+/m1/s1. The van der Waals surface area contributed by atoms with E-state index < -0.39 is 72.5 Å². The Labute approximate surface area is 263 Å². The number of hydrogen-bond donors (Lipinski definition) is 3. The summed E-state index contributed by atoms with van der Waals surface area (Å²) in [6, 6.07) is 3.50. The van der Waals surface area contributed by atoms with Crippen LogP contribution < -0.4 is 16.4 Å². The fraction of sp³-hybridized carbons (Fsp3) is 0.625. The number of rotatable bonds is 4. The number of nitrogens with zero attached hydrogens (tertiary/aromatic N) is 3. The molecule has 0 saturated carbocycles. The lowest BCUT2D eigenvalue weighted by Crippen LogP contribution is -2.61. The summed E-state index contributed by atoms with van der Waals surface area (Å²) < 4.78 is 5.63. The number of piperidine rings is 1. The number of carbonyl (C=O) groups is 6. The lowest BCUT2D eigenvalue weighted by molar-refractivity contribution is -0.158. The van der Waals surface area contributed by atoms with E-state index in [0.717, 1.165) is 12.0 Å². The maximum atomic E-state index is 14.1. The fourth-order valence-corrected chi connectivity index (χ4v) is 6.96. The molecule has 45 heavy (non-hydrogen) atoms. The maximum Gasteiger partial charge on any atom is 0.328 e. The molecule has 0 bridgehead atoms. The number of nitrogens with two attached hydrogens (primary N) is 1. The molecule has 4 aliphatic heterocycles. The Morgan fingerprint density at radius 3 is 2.36 bits per heavy atom. The number of esters is 1. The van der Waals surface area contributed by atoms with Crippen LogP contribution in [0.15, 0.2) is 30.3 Å². The van der Waals surface area contributed by atoms with Crippen molar-refractivity contribution in [3.8, 4) is 0 Å². The Balaban J connectivity index is 1.44. The first kappa shape index (κ1) is 32.4. The van der Waals surface area contributed by atoms with Crippen LogP contribution in [0.4, 0.5) is 0 Å². The van der Waals surface area contributed by atoms with Crippen molar-refractivity contribution in [2.24, 2.45) is 11.7 Å². The van der Waals surface area contributed by atoms with Gasteiger partial charge in [0.15, 0.2) is 0 Å². The minimum Gasteiger partial charge on any atom is -0.461 e. The summed E-state index contributed by atoms with van der Waals surface area (Å²) in [7, 11) is 0. The zero-order valence-corrected chi connectivity index (χ0v) is 26.0. The van der Waals surface area contributed by atoms with Crippen molar-refractivity contribution in [3.05, 3.63) is 35.9 Å². The van der Waals surface area contributed by atoms with Crippen molar-refractivity contribution in [2.45, 2.75) is 95.0 Å². The third-order valence-electron chi connectivity index (χ3n) is 9.35. The summed E-state index contributed by atoms with van der Waals surface area (Å²) >= 11 is 0. The minimum atomic E-state index is -1.30. The first-order chi connectivity index (χ1) is 21.5. The fourth-order valence-electron chi connectivity index (χ4n) is 6.96. The van der Waals surface area contributed by atoms with Crippen LogP contribution in [-0.4, -0.2) is 113 Å². The number of fused-ring (bicyclic) bond motifs is 3. The molecule has 7 atom stereocenters. The lowest BCUT2D eigenvalue weighted by atomic mass is 9.99. The van der Waals surface area contributed by atoms with E-state index in [1.165, 1.54) is 14.7 Å². The molecule has 0 aliphatic carbocycles. The average molecular weight is 625 g/mol. The van der Waals surface area contributed by atoms with Crippen molar-refractivity contribution >= 4 is 35.5 Å². The van der Waals surface area contributed by atoms with Crippen molar-refractivity contribution in [3.63, 3.8) is 0 Å². The number of hydrogen-bond acceptors (Lipinski definition) is 8. The molecular formula is C32H44N6O7. The molecule has 0 unspecified atom stereocenters. The summed E-state index contributed by atoms with van der Waals surface area (Å²) in [4.78, 5) is 86.0. The SMILES string of the molecule is C[C@@H]1C[C@H]2C(=O)OC[C@H](NC(=O)[C@@H](N)Cc3ccccc3)C(=O)N3CCC[C@H]3C(=O)N3CCCC[C@H]3C(=O)N[C@@H](C)C(=O)N2C1. The van der Waals surface area contributed by atoms with Gasteiger partial charge in [0.2, 0.25) is 29.5 Å². The van der Waals surface area contributed by atoms with Gasteiger partial charge in [-0.25, -0.2) is 4.79 Å². The highest BCUT2D eigenvalue weighted by atomic mass is 16.5. The van der Waals surface area contributed by atoms with Crippen molar-refractivity contribution in [1.82, 2.24) is 25.3 Å². The number of nitrogens with one attached hydrogen (secondary N) is 2. The van der Waals surface area contributed by atoms with Crippen molar-refractivity contribution < 1.29 is 33.5 Å². The number of benzene rings is 1. The molecule has 4 fully saturated rings. The van der Waals surface area contributed by atoms with Crippen LogP contribution in [0.5, 0.6) is 0 Å². The van der Waals surface area contributed by atoms with Gasteiger partial charge in [-0.05, 0) is 63.4 Å². The van der Waals surface area contributed by atoms with E-state index in [2.05, 4.69) is 10.6 Å². The van der Waals surface area contributed by atoms with Gasteiger partial charge in [-0.2, -0.15) is 0 Å². The Morgan fingerprint density at radius 2 is 1.60 bits per heavy atom. The average Bonchev–Trinajstić information content (AvgIpc) is 3.69. The number of carbonyl (C=O) groups excluding carboxylic acids is 6. The molecule has 4 N–H and O–H groups in total. The van der Waals surface area contributed by atoms with Gasteiger partial charge in [0.25, 0.3) is 0 Å². The second kappa shape index (κ2) is 14.0. The lowest BCUT2D eigenvalue weighted by Gasteiger charge is -2.39. The Hall–Kier alpha value is -4.00. The molecule has 4 saturated heterocycles. The number of amides is 5. The van der Waals surface area contributed by atoms with E-state index in [1.807, 2.05) is 37.3 Å². The van der Waals surface area contributed by atoms with Crippen LogP contribution in [0.25, 0.3) is 0 Å². The monoisotopic (exact) mass is 624 g/mol. The summed E-state index contributed by atoms with van der Waals surface area (Å²) in [5.41, 5.74) is 7.07. The first-order valence-electron chi connectivity index (χ1n) is 16.0. The predicted octanol–water partition coefficient (Wildman–Crippen LogP) is -0.288. The Morgan fingerprint density at radius 1 is 0.911 bits per heavy atom. The summed E-state index contributed by atoms with van der Waals surface area (Å²) in [6.07, 6.45) is 3.43. The molecule has 0 aromatic heterocycles. The quantitative estimate of drug-likeness (QED) is 0.384. The zero-order valence-electron chi connectivity index (χ0n) is 26.0. The van der Waals surface area contributed by atoms with E-state index in [-0.39, 0.29) is 24.8 Å². The highest BCUT2D eigenvalue weighted by molar-refractivity contribution is 5.97. The Kier molecular flexibility index (Phi) is 10.1. The molecule has 244 valence electrons. The van der Waals surface area contributed by atoms with Gasteiger partial charge in [0.1, 0.15) is 36.8 Å². The molecule has 13 heteroatoms. The highest BCUT2D eigenvalue weighted by Crippen LogP contribution is 2.27. The third kappa shape index (κ3) is 7.13. The summed E-state index contributed by atoms with van der Waals surface area (Å²) in [5, 5.41) is 5.47. The topological polar surface area (TPSA) is 171 Å². The molecule has 5 amide bonds. The van der Waals surface area contributed by atoms with E-state index in [0.29, 0.717) is 45.2 Å². The van der Waals surface area contributed by atoms with Gasteiger partial charge < -0.3 is 35.8 Å². The number of cyclic esters (lactones) is 1. The molecule has 13 nitrogen and oxygen atoms in total. The smallest absolute Gasteiger partial charge is 0.328 e. The van der Waals surface area contributed by atoms with Gasteiger partial charge in [0, 0.05) is 19.6 Å². The molecule has 0 spiro atoms. The third-order valence-corrected chi connectivity index (χ3v) is 9.35. The van der Waals surface area contributed by atoms with E-state index in [4.69, 9.17) is 10.5 Å². The van der Waals surface area contributed by atoms with Crippen LogP contribution in [0.1, 0.15) is 57.9 Å². The van der Waals surface area contributed by atoms with Crippen molar-refractivity contribution in [2.75, 3.05) is 26.2 Å². The van der Waals surface area contributed by atoms with Crippen LogP contribution in [0.3, 0.4) is 0 Å². The van der Waals surface area contributed by atoms with Gasteiger partial charge >= 0.3 is 5.97 Å². The van der Waals surface area contributed by atoms with Gasteiger partial charge in [-0.15, -0.1) is 0 Å². The molecule has 4 aliphatic rings. The van der Waals surface area contributed by atoms with Gasteiger partial charge in [-0.1, -0.05) is 37.3 Å². The van der Waals surface area contributed by atoms with E-state index in [9.17, 15) is 28.8 Å². The van der Waals surface area contributed by atoms with Crippen LogP contribution in [0.2, 0.25) is 0 Å². The van der Waals surface area contributed by atoms with Gasteiger partial charge in [0.05, 0.1) is 6.04 Å². The molecular weight excluding hydrogens is 580 g/mol. The van der Waals surface area contributed by atoms with Crippen LogP contribution in [-0.2, 0) is 39.9 Å². The molecule has 1 aromatic rings. The molecule has 5 rings (SSSR count). The second-order valence-corrected chi connectivity index (χ2v) is 12.8. The molecule has 1 aromatic carbocycles. The first-order valence-corrected chi connectivity index (χ1v) is 16.0. The maximum absolute atomic E-state index is 14.1.